The molecule has 1 heterocycles. The van der Waals surface area contributed by atoms with Crippen molar-refractivity contribution in [3.05, 3.63) is 16.4 Å². The number of aryl methyl sites for hydroxylation is 2. The van der Waals surface area contributed by atoms with Gasteiger partial charge in [0.2, 0.25) is 0 Å². The molecule has 1 aliphatic rings. The third-order valence-corrected chi connectivity index (χ3v) is 5.16. The standard InChI is InChI=1S/C16H28ClN3O/c1-4-13-15(17)14(20(5-2)19-13)10-18-16(11-21)8-6-7-12(3)9-16/h12,18,21H,4-11H2,1-3H3. The largest absolute Gasteiger partial charge is 0.394 e. The molecule has 1 aromatic heterocycles. The Balaban J connectivity index is 2.12. The fraction of sp³-hybridized carbons (Fsp3) is 0.812. The fourth-order valence-electron chi connectivity index (χ4n) is 3.48. The first kappa shape index (κ1) is 16.8. The van der Waals surface area contributed by atoms with Gasteiger partial charge in [0, 0.05) is 18.6 Å². The smallest absolute Gasteiger partial charge is 0.0863 e. The predicted octanol–water partition coefficient (Wildman–Crippen LogP) is 3.15. The average Bonchev–Trinajstić information content (AvgIpc) is 2.80. The third kappa shape index (κ3) is 3.61. The van der Waals surface area contributed by atoms with E-state index in [0.29, 0.717) is 12.5 Å². The number of aliphatic hydroxyl groups is 1. The molecule has 1 aromatic rings. The van der Waals surface area contributed by atoms with E-state index in [0.717, 1.165) is 42.2 Å². The number of rotatable bonds is 6. The van der Waals surface area contributed by atoms with Crippen molar-refractivity contribution in [3.63, 3.8) is 0 Å². The molecular formula is C16H28ClN3O. The zero-order valence-electron chi connectivity index (χ0n) is 13.5. The SMILES string of the molecule is CCc1nn(CC)c(CNC2(CO)CCCC(C)C2)c1Cl. The van der Waals surface area contributed by atoms with Crippen molar-refractivity contribution in [2.75, 3.05) is 6.61 Å². The zero-order valence-corrected chi connectivity index (χ0v) is 14.2. The lowest BCUT2D eigenvalue weighted by atomic mass is 9.77. The highest BCUT2D eigenvalue weighted by Crippen LogP contribution is 2.32. The molecule has 5 heteroatoms. The minimum Gasteiger partial charge on any atom is -0.394 e. The number of halogens is 1. The molecule has 0 amide bonds. The van der Waals surface area contributed by atoms with Crippen LogP contribution in [0.3, 0.4) is 0 Å². The number of aromatic nitrogens is 2. The summed E-state index contributed by atoms with van der Waals surface area (Å²) < 4.78 is 1.98. The van der Waals surface area contributed by atoms with Crippen LogP contribution in [0.2, 0.25) is 5.02 Å². The fourth-order valence-corrected chi connectivity index (χ4v) is 3.81. The van der Waals surface area contributed by atoms with Crippen molar-refractivity contribution < 1.29 is 5.11 Å². The first-order chi connectivity index (χ1) is 10.0. The predicted molar refractivity (Wildman–Crippen MR) is 86.6 cm³/mol. The molecule has 0 saturated heterocycles. The Kier molecular flexibility index (Phi) is 5.69. The highest BCUT2D eigenvalue weighted by atomic mass is 35.5. The van der Waals surface area contributed by atoms with Gasteiger partial charge in [-0.3, -0.25) is 4.68 Å². The van der Waals surface area contributed by atoms with Crippen LogP contribution in [-0.2, 0) is 19.5 Å². The van der Waals surface area contributed by atoms with E-state index in [-0.39, 0.29) is 12.1 Å². The van der Waals surface area contributed by atoms with Crippen molar-refractivity contribution in [2.24, 2.45) is 5.92 Å². The summed E-state index contributed by atoms with van der Waals surface area (Å²) in [5.74, 6) is 0.663. The van der Waals surface area contributed by atoms with Gasteiger partial charge in [-0.2, -0.15) is 5.10 Å². The van der Waals surface area contributed by atoms with Gasteiger partial charge >= 0.3 is 0 Å². The summed E-state index contributed by atoms with van der Waals surface area (Å²) >= 11 is 6.46. The van der Waals surface area contributed by atoms with Crippen LogP contribution < -0.4 is 5.32 Å². The van der Waals surface area contributed by atoms with Crippen LogP contribution in [0.25, 0.3) is 0 Å². The van der Waals surface area contributed by atoms with Gasteiger partial charge < -0.3 is 10.4 Å². The van der Waals surface area contributed by atoms with E-state index in [4.69, 9.17) is 11.6 Å². The molecule has 2 rings (SSSR count). The first-order valence-corrected chi connectivity index (χ1v) is 8.53. The Morgan fingerprint density at radius 3 is 2.81 bits per heavy atom. The number of hydrogen-bond acceptors (Lipinski definition) is 3. The molecule has 21 heavy (non-hydrogen) atoms. The monoisotopic (exact) mass is 313 g/mol. The summed E-state index contributed by atoms with van der Waals surface area (Å²) in [6.45, 7) is 8.10. The number of nitrogens with zero attached hydrogens (tertiary/aromatic N) is 2. The molecular weight excluding hydrogens is 286 g/mol. The van der Waals surface area contributed by atoms with Gasteiger partial charge in [0.1, 0.15) is 0 Å². The number of nitrogens with one attached hydrogen (secondary N) is 1. The summed E-state index contributed by atoms with van der Waals surface area (Å²) in [4.78, 5) is 0. The highest BCUT2D eigenvalue weighted by Gasteiger charge is 2.34. The van der Waals surface area contributed by atoms with Gasteiger partial charge in [-0.1, -0.05) is 38.3 Å². The van der Waals surface area contributed by atoms with E-state index in [1.807, 2.05) is 4.68 Å². The van der Waals surface area contributed by atoms with Gasteiger partial charge in [-0.25, -0.2) is 0 Å². The third-order valence-electron chi connectivity index (χ3n) is 4.72. The van der Waals surface area contributed by atoms with Gasteiger partial charge in [-0.05, 0) is 32.1 Å². The van der Waals surface area contributed by atoms with Crippen LogP contribution in [0.1, 0.15) is 57.8 Å². The molecule has 4 nitrogen and oxygen atoms in total. The molecule has 2 atom stereocenters. The lowest BCUT2D eigenvalue weighted by Gasteiger charge is -2.39. The van der Waals surface area contributed by atoms with Crippen LogP contribution in [0, 0.1) is 5.92 Å². The Morgan fingerprint density at radius 1 is 1.48 bits per heavy atom. The van der Waals surface area contributed by atoms with Crippen LogP contribution in [0.5, 0.6) is 0 Å². The normalized spacial score (nSPS) is 26.2. The van der Waals surface area contributed by atoms with Crippen molar-refractivity contribution >= 4 is 11.6 Å². The summed E-state index contributed by atoms with van der Waals surface area (Å²) in [5, 5.41) is 18.8. The van der Waals surface area contributed by atoms with Crippen LogP contribution in [-0.4, -0.2) is 27.0 Å². The Hall–Kier alpha value is -0.580. The maximum atomic E-state index is 9.87. The van der Waals surface area contributed by atoms with E-state index < -0.39 is 0 Å². The average molecular weight is 314 g/mol. The Labute approximate surface area is 132 Å². The highest BCUT2D eigenvalue weighted by molar-refractivity contribution is 6.31. The van der Waals surface area contributed by atoms with E-state index in [2.05, 4.69) is 31.2 Å². The molecule has 0 spiro atoms. The zero-order chi connectivity index (χ0) is 15.5. The van der Waals surface area contributed by atoms with Gasteiger partial charge in [0.25, 0.3) is 0 Å². The summed E-state index contributed by atoms with van der Waals surface area (Å²) in [6, 6.07) is 0. The minimum atomic E-state index is -0.157. The van der Waals surface area contributed by atoms with Crippen molar-refractivity contribution in [3.8, 4) is 0 Å². The molecule has 1 aliphatic carbocycles. The summed E-state index contributed by atoms with van der Waals surface area (Å²) in [7, 11) is 0. The van der Waals surface area contributed by atoms with Crippen molar-refractivity contribution in [2.45, 2.75) is 71.5 Å². The lowest BCUT2D eigenvalue weighted by Crippen LogP contribution is -2.51. The maximum Gasteiger partial charge on any atom is 0.0863 e. The van der Waals surface area contributed by atoms with Crippen LogP contribution >= 0.6 is 11.6 Å². The molecule has 0 radical (unpaired) electrons. The molecule has 1 fully saturated rings. The van der Waals surface area contributed by atoms with Crippen molar-refractivity contribution in [1.82, 2.24) is 15.1 Å². The van der Waals surface area contributed by atoms with Crippen LogP contribution in [0.15, 0.2) is 0 Å². The molecule has 0 aliphatic heterocycles. The van der Waals surface area contributed by atoms with Gasteiger partial charge in [-0.15, -0.1) is 0 Å². The van der Waals surface area contributed by atoms with Gasteiger partial charge in [0.05, 0.1) is 23.0 Å². The molecule has 120 valence electrons. The van der Waals surface area contributed by atoms with E-state index >= 15 is 0 Å². The topological polar surface area (TPSA) is 50.1 Å². The van der Waals surface area contributed by atoms with Crippen molar-refractivity contribution in [1.29, 1.82) is 0 Å². The molecule has 0 bridgehead atoms. The quantitative estimate of drug-likeness (QED) is 0.848. The lowest BCUT2D eigenvalue weighted by molar-refractivity contribution is 0.0975. The number of aliphatic hydroxyl groups excluding tert-OH is 1. The second-order valence-electron chi connectivity index (χ2n) is 6.37. The van der Waals surface area contributed by atoms with E-state index in [1.54, 1.807) is 0 Å². The van der Waals surface area contributed by atoms with Gasteiger partial charge in [0.15, 0.2) is 0 Å². The minimum absolute atomic E-state index is 0.157. The molecule has 0 aromatic carbocycles. The first-order valence-electron chi connectivity index (χ1n) is 8.15. The summed E-state index contributed by atoms with van der Waals surface area (Å²) in [5.41, 5.74) is 1.85. The Morgan fingerprint density at radius 2 is 2.24 bits per heavy atom. The molecule has 1 saturated carbocycles. The second-order valence-corrected chi connectivity index (χ2v) is 6.75. The summed E-state index contributed by atoms with van der Waals surface area (Å²) in [6.07, 6.45) is 5.35. The Bertz CT molecular complexity index is 474. The maximum absolute atomic E-state index is 9.87. The van der Waals surface area contributed by atoms with Crippen LogP contribution in [0.4, 0.5) is 0 Å². The molecule has 2 unspecified atom stereocenters. The molecule has 2 N–H and O–H groups in total. The van der Waals surface area contributed by atoms with E-state index in [1.165, 1.54) is 12.8 Å². The number of hydrogen-bond donors (Lipinski definition) is 2. The second kappa shape index (κ2) is 7.12. The van der Waals surface area contributed by atoms with E-state index in [9.17, 15) is 5.11 Å².